The van der Waals surface area contributed by atoms with Crippen LogP contribution < -0.4 is 0 Å². The van der Waals surface area contributed by atoms with E-state index in [-0.39, 0.29) is 0 Å². The molecule has 0 saturated carbocycles. The van der Waals surface area contributed by atoms with Gasteiger partial charge in [-0.3, -0.25) is 0 Å². The second-order valence-corrected chi connectivity index (χ2v) is 4.66. The van der Waals surface area contributed by atoms with Gasteiger partial charge in [0.1, 0.15) is 11.8 Å². The third-order valence-electron chi connectivity index (χ3n) is 1.92. The molecule has 1 heterocycles. The number of rotatable bonds is 7. The van der Waals surface area contributed by atoms with Crippen LogP contribution in [0.2, 0.25) is 5.15 Å². The summed E-state index contributed by atoms with van der Waals surface area (Å²) in [7, 11) is 0. The van der Waals surface area contributed by atoms with Gasteiger partial charge in [-0.2, -0.15) is 0 Å². The lowest BCUT2D eigenvalue weighted by Gasteiger charge is -2.07. The number of ether oxygens (including phenoxy) is 2. The number of halogens is 1. The average molecular weight is 259 g/mol. The molecule has 0 N–H and O–H groups in total. The third-order valence-corrected chi connectivity index (χ3v) is 2.12. The number of aryl methyl sites for hydroxylation is 1. The molecule has 1 aromatic rings. The van der Waals surface area contributed by atoms with Gasteiger partial charge in [0.15, 0.2) is 5.82 Å². The lowest BCUT2D eigenvalue weighted by molar-refractivity contribution is 0.0294. The number of hydrogen-bond acceptors (Lipinski definition) is 4. The quantitative estimate of drug-likeness (QED) is 0.557. The maximum atomic E-state index is 5.82. The predicted octanol–water partition coefficient (Wildman–Crippen LogP) is 2.63. The first kappa shape index (κ1) is 14.4. The minimum absolute atomic E-state index is 0.367. The van der Waals surface area contributed by atoms with E-state index in [1.54, 1.807) is 6.07 Å². The zero-order valence-electron chi connectivity index (χ0n) is 10.6. The fraction of sp³-hybridized carbons (Fsp3) is 0.667. The molecule has 0 aliphatic heterocycles. The summed E-state index contributed by atoms with van der Waals surface area (Å²) in [5.74, 6) is 1.16. The van der Waals surface area contributed by atoms with Crippen molar-refractivity contribution >= 4 is 11.6 Å². The van der Waals surface area contributed by atoms with Gasteiger partial charge in [0.25, 0.3) is 0 Å². The fourth-order valence-corrected chi connectivity index (χ4v) is 1.51. The standard InChI is InChI=1S/C12H19ClN2O2/c1-9(2)7-16-4-5-17-8-12-14-10(3)6-11(13)15-12/h6,9H,4-5,7-8H2,1-3H3. The van der Waals surface area contributed by atoms with E-state index in [2.05, 4.69) is 23.8 Å². The minimum Gasteiger partial charge on any atom is -0.379 e. The van der Waals surface area contributed by atoms with E-state index in [4.69, 9.17) is 21.1 Å². The highest BCUT2D eigenvalue weighted by molar-refractivity contribution is 6.29. The Morgan fingerprint density at radius 2 is 1.94 bits per heavy atom. The maximum absolute atomic E-state index is 5.82. The van der Waals surface area contributed by atoms with Crippen LogP contribution in [0, 0.1) is 12.8 Å². The van der Waals surface area contributed by atoms with Crippen molar-refractivity contribution in [2.24, 2.45) is 5.92 Å². The molecule has 0 unspecified atom stereocenters. The maximum Gasteiger partial charge on any atom is 0.155 e. The van der Waals surface area contributed by atoms with Gasteiger partial charge in [-0.15, -0.1) is 0 Å². The van der Waals surface area contributed by atoms with Gasteiger partial charge in [0, 0.05) is 12.3 Å². The van der Waals surface area contributed by atoms with Gasteiger partial charge >= 0.3 is 0 Å². The van der Waals surface area contributed by atoms with Crippen molar-refractivity contribution in [3.63, 3.8) is 0 Å². The Balaban J connectivity index is 2.18. The molecule has 0 saturated heterocycles. The van der Waals surface area contributed by atoms with Gasteiger partial charge in [0.2, 0.25) is 0 Å². The number of hydrogen-bond donors (Lipinski definition) is 0. The predicted molar refractivity (Wildman–Crippen MR) is 67.1 cm³/mol. The Bertz CT molecular complexity index is 325. The third kappa shape index (κ3) is 6.56. The van der Waals surface area contributed by atoms with E-state index in [1.807, 2.05) is 6.92 Å². The molecule has 5 heteroatoms. The highest BCUT2D eigenvalue weighted by Crippen LogP contribution is 2.06. The van der Waals surface area contributed by atoms with Crippen molar-refractivity contribution in [3.8, 4) is 0 Å². The van der Waals surface area contributed by atoms with E-state index in [0.717, 1.165) is 12.3 Å². The average Bonchev–Trinajstić information content (AvgIpc) is 2.21. The van der Waals surface area contributed by atoms with Crippen LogP contribution in [0.1, 0.15) is 25.4 Å². The van der Waals surface area contributed by atoms with Crippen molar-refractivity contribution in [1.29, 1.82) is 0 Å². The Kier molecular flexibility index (Phi) is 6.40. The van der Waals surface area contributed by atoms with Gasteiger partial charge in [-0.05, 0) is 18.9 Å². The van der Waals surface area contributed by atoms with Crippen molar-refractivity contribution in [3.05, 3.63) is 22.7 Å². The van der Waals surface area contributed by atoms with E-state index in [1.165, 1.54) is 0 Å². The van der Waals surface area contributed by atoms with E-state index >= 15 is 0 Å². The lowest BCUT2D eigenvalue weighted by atomic mass is 10.2. The summed E-state index contributed by atoms with van der Waals surface area (Å²) in [6.45, 7) is 8.37. The highest BCUT2D eigenvalue weighted by Gasteiger charge is 2.01. The highest BCUT2D eigenvalue weighted by atomic mass is 35.5. The van der Waals surface area contributed by atoms with Crippen LogP contribution in [0.25, 0.3) is 0 Å². The normalized spacial score (nSPS) is 11.1. The monoisotopic (exact) mass is 258 g/mol. The molecule has 0 radical (unpaired) electrons. The van der Waals surface area contributed by atoms with Crippen LogP contribution in [0.5, 0.6) is 0 Å². The topological polar surface area (TPSA) is 44.2 Å². The first-order chi connectivity index (χ1) is 8.08. The van der Waals surface area contributed by atoms with Gasteiger partial charge in [0.05, 0.1) is 13.2 Å². The second-order valence-electron chi connectivity index (χ2n) is 4.27. The largest absolute Gasteiger partial charge is 0.379 e. The molecule has 4 nitrogen and oxygen atoms in total. The number of aromatic nitrogens is 2. The lowest BCUT2D eigenvalue weighted by Crippen LogP contribution is -2.09. The molecule has 96 valence electrons. The fourth-order valence-electron chi connectivity index (χ4n) is 1.25. The minimum atomic E-state index is 0.367. The van der Waals surface area contributed by atoms with E-state index in [0.29, 0.717) is 36.7 Å². The SMILES string of the molecule is Cc1cc(Cl)nc(COCCOCC(C)C)n1. The van der Waals surface area contributed by atoms with Crippen LogP contribution in [0.15, 0.2) is 6.07 Å². The Labute approximate surface area is 107 Å². The Morgan fingerprint density at radius 3 is 2.59 bits per heavy atom. The molecule has 1 aromatic heterocycles. The zero-order chi connectivity index (χ0) is 12.7. The van der Waals surface area contributed by atoms with Gasteiger partial charge in [-0.25, -0.2) is 9.97 Å². The summed E-state index contributed by atoms with van der Waals surface area (Å²) in [6, 6.07) is 1.72. The van der Waals surface area contributed by atoms with E-state index < -0.39 is 0 Å². The van der Waals surface area contributed by atoms with Crippen LogP contribution >= 0.6 is 11.6 Å². The summed E-state index contributed by atoms with van der Waals surface area (Å²) < 4.78 is 10.8. The van der Waals surface area contributed by atoms with Crippen LogP contribution in [0.3, 0.4) is 0 Å². The molecule has 1 rings (SSSR count). The molecular formula is C12H19ClN2O2. The molecule has 0 bridgehead atoms. The summed E-state index contributed by atoms with van der Waals surface area (Å²) >= 11 is 5.82. The van der Waals surface area contributed by atoms with Gasteiger partial charge < -0.3 is 9.47 Å². The van der Waals surface area contributed by atoms with Crippen molar-refractivity contribution in [2.75, 3.05) is 19.8 Å². The number of nitrogens with zero attached hydrogens (tertiary/aromatic N) is 2. The van der Waals surface area contributed by atoms with E-state index in [9.17, 15) is 0 Å². The molecule has 0 aliphatic carbocycles. The van der Waals surface area contributed by atoms with Crippen LogP contribution in [-0.2, 0) is 16.1 Å². The summed E-state index contributed by atoms with van der Waals surface area (Å²) in [5.41, 5.74) is 0.847. The zero-order valence-corrected chi connectivity index (χ0v) is 11.3. The Hall–Kier alpha value is -0.710. The smallest absolute Gasteiger partial charge is 0.155 e. The van der Waals surface area contributed by atoms with Crippen molar-refractivity contribution < 1.29 is 9.47 Å². The summed E-state index contributed by atoms with van der Waals surface area (Å²) in [5, 5.41) is 0.451. The molecular weight excluding hydrogens is 240 g/mol. The van der Waals surface area contributed by atoms with Gasteiger partial charge in [-0.1, -0.05) is 25.4 Å². The molecule has 0 spiro atoms. The van der Waals surface area contributed by atoms with Crippen molar-refractivity contribution in [1.82, 2.24) is 9.97 Å². The molecule has 0 aromatic carbocycles. The first-order valence-corrected chi connectivity index (χ1v) is 6.11. The first-order valence-electron chi connectivity index (χ1n) is 5.73. The summed E-state index contributed by atoms with van der Waals surface area (Å²) in [6.07, 6.45) is 0. The molecule has 0 aliphatic rings. The Morgan fingerprint density at radius 1 is 1.24 bits per heavy atom. The van der Waals surface area contributed by atoms with Crippen LogP contribution in [-0.4, -0.2) is 29.8 Å². The second kappa shape index (κ2) is 7.58. The van der Waals surface area contributed by atoms with Crippen LogP contribution in [0.4, 0.5) is 0 Å². The molecule has 0 amide bonds. The molecule has 0 atom stereocenters. The molecule has 0 fully saturated rings. The van der Waals surface area contributed by atoms with Crippen molar-refractivity contribution in [2.45, 2.75) is 27.4 Å². The molecule has 17 heavy (non-hydrogen) atoms. The summed E-state index contributed by atoms with van der Waals surface area (Å²) in [4.78, 5) is 8.29.